The van der Waals surface area contributed by atoms with Crippen LogP contribution >= 0.6 is 11.6 Å². The van der Waals surface area contributed by atoms with Crippen molar-refractivity contribution < 1.29 is 18.0 Å². The molecule has 0 aliphatic rings. The van der Waals surface area contributed by atoms with Crippen LogP contribution < -0.4 is 9.62 Å². The van der Waals surface area contributed by atoms with E-state index in [-0.39, 0.29) is 18.4 Å². The molecule has 1 unspecified atom stereocenters. The number of nitrogens with zero attached hydrogens (tertiary/aromatic N) is 2. The largest absolute Gasteiger partial charge is 0.354 e. The molecule has 1 atom stereocenters. The fraction of sp³-hybridized carbons (Fsp3) is 0.417. The second-order valence-electron chi connectivity index (χ2n) is 8.57. The summed E-state index contributed by atoms with van der Waals surface area (Å²) in [4.78, 5) is 27.6. The lowest BCUT2D eigenvalue weighted by molar-refractivity contribution is -0.139. The Labute approximate surface area is 201 Å². The summed E-state index contributed by atoms with van der Waals surface area (Å²) in [5, 5.41) is 3.31. The van der Waals surface area contributed by atoms with Gasteiger partial charge in [-0.3, -0.25) is 13.9 Å². The van der Waals surface area contributed by atoms with E-state index in [2.05, 4.69) is 5.32 Å². The summed E-state index contributed by atoms with van der Waals surface area (Å²) in [6.07, 6.45) is 1.04. The van der Waals surface area contributed by atoms with Crippen molar-refractivity contribution in [1.29, 1.82) is 0 Å². The van der Waals surface area contributed by atoms with Gasteiger partial charge in [-0.1, -0.05) is 55.3 Å². The van der Waals surface area contributed by atoms with E-state index in [1.165, 1.54) is 4.90 Å². The van der Waals surface area contributed by atoms with Crippen LogP contribution in [0.3, 0.4) is 0 Å². The second-order valence-corrected chi connectivity index (χ2v) is 10.9. The first-order valence-electron chi connectivity index (χ1n) is 10.7. The molecule has 0 heterocycles. The highest BCUT2D eigenvalue weighted by molar-refractivity contribution is 7.92. The molecule has 0 aliphatic carbocycles. The summed E-state index contributed by atoms with van der Waals surface area (Å²) >= 11 is 5.93. The Balaban J connectivity index is 2.34. The average Bonchev–Trinajstić information content (AvgIpc) is 2.74. The zero-order valence-corrected chi connectivity index (χ0v) is 21.3. The van der Waals surface area contributed by atoms with Gasteiger partial charge in [-0.25, -0.2) is 8.42 Å². The first kappa shape index (κ1) is 26.7. The number of amides is 2. The van der Waals surface area contributed by atoms with Crippen LogP contribution in [0.4, 0.5) is 5.69 Å². The molecule has 9 heteroatoms. The number of hydrogen-bond acceptors (Lipinski definition) is 4. The van der Waals surface area contributed by atoms with Gasteiger partial charge in [0.15, 0.2) is 0 Å². The van der Waals surface area contributed by atoms with Crippen molar-refractivity contribution in [2.75, 3.05) is 23.7 Å². The number of anilines is 1. The van der Waals surface area contributed by atoms with Gasteiger partial charge in [-0.05, 0) is 49.6 Å². The fourth-order valence-corrected chi connectivity index (χ4v) is 4.12. The molecule has 0 bridgehead atoms. The van der Waals surface area contributed by atoms with Crippen LogP contribution in [-0.2, 0) is 26.2 Å². The Morgan fingerprint density at radius 1 is 1.00 bits per heavy atom. The Morgan fingerprint density at radius 2 is 1.58 bits per heavy atom. The van der Waals surface area contributed by atoms with Crippen LogP contribution in [0.1, 0.15) is 31.9 Å². The van der Waals surface area contributed by atoms with Crippen LogP contribution in [0.15, 0.2) is 48.5 Å². The molecule has 7 nitrogen and oxygen atoms in total. The molecule has 2 aromatic rings. The van der Waals surface area contributed by atoms with Gasteiger partial charge < -0.3 is 10.2 Å². The predicted molar refractivity (Wildman–Crippen MR) is 133 cm³/mol. The van der Waals surface area contributed by atoms with E-state index in [4.69, 9.17) is 11.6 Å². The van der Waals surface area contributed by atoms with Crippen LogP contribution in [0.25, 0.3) is 0 Å². The predicted octanol–water partition coefficient (Wildman–Crippen LogP) is 3.60. The molecule has 2 amide bonds. The van der Waals surface area contributed by atoms with Crippen molar-refractivity contribution in [1.82, 2.24) is 10.2 Å². The minimum atomic E-state index is -3.76. The van der Waals surface area contributed by atoms with Crippen LogP contribution in [-0.4, -0.2) is 50.5 Å². The number of sulfonamides is 1. The zero-order valence-electron chi connectivity index (χ0n) is 19.7. The van der Waals surface area contributed by atoms with Crippen LogP contribution in [0.5, 0.6) is 0 Å². The first-order valence-corrected chi connectivity index (χ1v) is 13.0. The smallest absolute Gasteiger partial charge is 0.244 e. The molecule has 1 N–H and O–H groups in total. The van der Waals surface area contributed by atoms with E-state index in [0.29, 0.717) is 17.3 Å². The highest BCUT2D eigenvalue weighted by atomic mass is 35.5. The number of halogens is 1. The number of aryl methyl sites for hydroxylation is 1. The van der Waals surface area contributed by atoms with Gasteiger partial charge in [-0.15, -0.1) is 0 Å². The normalized spacial score (nSPS) is 12.3. The Kier molecular flexibility index (Phi) is 9.31. The summed E-state index contributed by atoms with van der Waals surface area (Å²) in [6.45, 7) is 7.80. The maximum Gasteiger partial charge on any atom is 0.244 e. The quantitative estimate of drug-likeness (QED) is 0.547. The molecular formula is C24H32ClN3O4S. The van der Waals surface area contributed by atoms with Crippen molar-refractivity contribution in [3.63, 3.8) is 0 Å². The van der Waals surface area contributed by atoms with E-state index in [1.54, 1.807) is 31.2 Å². The first-order chi connectivity index (χ1) is 15.4. The number of carbonyl (C=O) groups excluding carboxylic acids is 2. The lowest BCUT2D eigenvalue weighted by Crippen LogP contribution is -2.51. The molecular weight excluding hydrogens is 462 g/mol. The molecule has 0 saturated carbocycles. The molecule has 0 aliphatic heterocycles. The number of benzene rings is 2. The molecule has 2 aromatic carbocycles. The third kappa shape index (κ3) is 8.05. The lowest BCUT2D eigenvalue weighted by atomic mass is 10.1. The number of rotatable bonds is 10. The molecule has 33 heavy (non-hydrogen) atoms. The molecule has 180 valence electrons. The van der Waals surface area contributed by atoms with Crippen molar-refractivity contribution in [3.05, 3.63) is 64.7 Å². The highest BCUT2D eigenvalue weighted by Gasteiger charge is 2.30. The highest BCUT2D eigenvalue weighted by Crippen LogP contribution is 2.21. The van der Waals surface area contributed by atoms with E-state index in [1.807, 2.05) is 45.0 Å². The van der Waals surface area contributed by atoms with E-state index >= 15 is 0 Å². The molecule has 0 aromatic heterocycles. The van der Waals surface area contributed by atoms with Gasteiger partial charge in [0.2, 0.25) is 21.8 Å². The maximum absolute atomic E-state index is 13.4. The molecule has 0 saturated heterocycles. The summed E-state index contributed by atoms with van der Waals surface area (Å²) in [6, 6.07) is 13.1. The Hall–Kier alpha value is -2.58. The van der Waals surface area contributed by atoms with Crippen molar-refractivity contribution >= 4 is 39.1 Å². The fourth-order valence-electron chi connectivity index (χ4n) is 3.15. The van der Waals surface area contributed by atoms with E-state index < -0.39 is 28.5 Å². The summed E-state index contributed by atoms with van der Waals surface area (Å²) in [7, 11) is -3.76. The SMILES string of the molecule is Cc1ccc(CN(C(=O)CN(c2ccc(Cl)cc2)S(C)(=O)=O)C(C)C(=O)NCC(C)C)cc1. The Bertz CT molecular complexity index is 1050. The van der Waals surface area contributed by atoms with Crippen LogP contribution in [0.2, 0.25) is 5.02 Å². The van der Waals surface area contributed by atoms with Crippen molar-refractivity contribution in [2.45, 2.75) is 40.3 Å². The van der Waals surface area contributed by atoms with Gasteiger partial charge in [0.1, 0.15) is 12.6 Å². The van der Waals surface area contributed by atoms with E-state index in [9.17, 15) is 18.0 Å². The monoisotopic (exact) mass is 493 g/mol. The van der Waals surface area contributed by atoms with Gasteiger partial charge in [0.25, 0.3) is 0 Å². The summed E-state index contributed by atoms with van der Waals surface area (Å²) in [5.41, 5.74) is 2.24. The number of carbonyl (C=O) groups is 2. The van der Waals surface area contributed by atoms with Gasteiger partial charge in [-0.2, -0.15) is 0 Å². The average molecular weight is 494 g/mol. The molecule has 2 rings (SSSR count). The van der Waals surface area contributed by atoms with Crippen molar-refractivity contribution in [3.8, 4) is 0 Å². The minimum Gasteiger partial charge on any atom is -0.354 e. The molecule has 0 spiro atoms. The second kappa shape index (κ2) is 11.5. The zero-order chi connectivity index (χ0) is 24.8. The van der Waals surface area contributed by atoms with Gasteiger partial charge in [0, 0.05) is 18.1 Å². The van der Waals surface area contributed by atoms with E-state index in [0.717, 1.165) is 21.7 Å². The Morgan fingerprint density at radius 3 is 2.09 bits per heavy atom. The number of nitrogens with one attached hydrogen (secondary N) is 1. The van der Waals surface area contributed by atoms with Gasteiger partial charge >= 0.3 is 0 Å². The number of hydrogen-bond donors (Lipinski definition) is 1. The summed E-state index contributed by atoms with van der Waals surface area (Å²) in [5.74, 6) is -0.516. The molecule has 0 radical (unpaired) electrons. The van der Waals surface area contributed by atoms with Crippen LogP contribution in [0, 0.1) is 12.8 Å². The lowest BCUT2D eigenvalue weighted by Gasteiger charge is -2.31. The standard InChI is InChI=1S/C24H32ClN3O4S/c1-17(2)14-26-24(30)19(4)27(15-20-8-6-18(3)7-9-20)23(29)16-28(33(5,31)32)22-12-10-21(25)11-13-22/h6-13,17,19H,14-16H2,1-5H3,(H,26,30). The topological polar surface area (TPSA) is 86.8 Å². The third-order valence-electron chi connectivity index (χ3n) is 5.12. The van der Waals surface area contributed by atoms with Gasteiger partial charge in [0.05, 0.1) is 11.9 Å². The minimum absolute atomic E-state index is 0.174. The summed E-state index contributed by atoms with van der Waals surface area (Å²) < 4.78 is 26.0. The molecule has 0 fully saturated rings. The third-order valence-corrected chi connectivity index (χ3v) is 6.51. The maximum atomic E-state index is 13.4. The van der Waals surface area contributed by atoms with Crippen molar-refractivity contribution in [2.24, 2.45) is 5.92 Å².